The van der Waals surface area contributed by atoms with Crippen molar-refractivity contribution in [3.8, 4) is 0 Å². The molecule has 3 aromatic rings. The Hall–Kier alpha value is -3.00. The second-order valence-corrected chi connectivity index (χ2v) is 6.15. The van der Waals surface area contributed by atoms with Crippen LogP contribution in [0.25, 0.3) is 0 Å². The van der Waals surface area contributed by atoms with Crippen LogP contribution in [0.4, 0.5) is 28.8 Å². The number of halogens is 1. The molecule has 0 aliphatic heterocycles. The van der Waals surface area contributed by atoms with E-state index in [1.165, 1.54) is 13.3 Å². The average molecular weight is 399 g/mol. The Balaban J connectivity index is 1.84. The Morgan fingerprint density at radius 3 is 2.52 bits per heavy atom. The standard InChI is InChI=1S/C17H15BrN6O/c1-10(25)11-3-2-4-13(7-11)23-16-15(19)17(22-9-21-16)24-14-6-5-12(18)8-20-14/h2-9H,19H2,1H3,(H2,20,21,22,23,24). The highest BCUT2D eigenvalue weighted by Gasteiger charge is 2.10. The normalized spacial score (nSPS) is 10.3. The van der Waals surface area contributed by atoms with Crippen molar-refractivity contribution < 1.29 is 4.79 Å². The van der Waals surface area contributed by atoms with E-state index in [0.717, 1.165) is 4.47 Å². The van der Waals surface area contributed by atoms with Crippen molar-refractivity contribution in [2.45, 2.75) is 6.92 Å². The van der Waals surface area contributed by atoms with E-state index < -0.39 is 0 Å². The number of hydrogen-bond donors (Lipinski definition) is 3. The monoisotopic (exact) mass is 398 g/mol. The van der Waals surface area contributed by atoms with Gasteiger partial charge in [0.1, 0.15) is 17.8 Å². The van der Waals surface area contributed by atoms with E-state index >= 15 is 0 Å². The summed E-state index contributed by atoms with van der Waals surface area (Å²) >= 11 is 3.34. The lowest BCUT2D eigenvalue weighted by Gasteiger charge is -2.12. The molecule has 0 saturated carbocycles. The quantitative estimate of drug-likeness (QED) is 0.559. The number of nitrogens with two attached hydrogens (primary N) is 1. The fraction of sp³-hybridized carbons (Fsp3) is 0.0588. The van der Waals surface area contributed by atoms with Gasteiger partial charge in [0.25, 0.3) is 0 Å². The molecular weight excluding hydrogens is 384 g/mol. The van der Waals surface area contributed by atoms with E-state index in [2.05, 4.69) is 41.5 Å². The van der Waals surface area contributed by atoms with Gasteiger partial charge in [-0.15, -0.1) is 0 Å². The number of benzene rings is 1. The topological polar surface area (TPSA) is 106 Å². The molecule has 0 fully saturated rings. The van der Waals surface area contributed by atoms with E-state index in [-0.39, 0.29) is 5.78 Å². The molecule has 0 aliphatic carbocycles. The van der Waals surface area contributed by atoms with Gasteiger partial charge in [0, 0.05) is 21.9 Å². The minimum absolute atomic E-state index is 0.0111. The Morgan fingerprint density at radius 1 is 1.08 bits per heavy atom. The number of nitrogens with one attached hydrogen (secondary N) is 2. The summed E-state index contributed by atoms with van der Waals surface area (Å²) in [5, 5.41) is 6.16. The number of Topliss-reactive ketones (excluding diaryl/α,β-unsaturated/α-hetero) is 1. The predicted octanol–water partition coefficient (Wildman–Crippen LogP) is 3.91. The minimum atomic E-state index is -0.0111. The van der Waals surface area contributed by atoms with Crippen molar-refractivity contribution in [1.82, 2.24) is 15.0 Å². The molecule has 0 bridgehead atoms. The highest BCUT2D eigenvalue weighted by atomic mass is 79.9. The van der Waals surface area contributed by atoms with Crippen molar-refractivity contribution in [2.24, 2.45) is 0 Å². The number of anilines is 5. The van der Waals surface area contributed by atoms with Crippen molar-refractivity contribution in [3.63, 3.8) is 0 Å². The van der Waals surface area contributed by atoms with Crippen LogP contribution >= 0.6 is 15.9 Å². The number of rotatable bonds is 5. The van der Waals surface area contributed by atoms with Crippen molar-refractivity contribution in [1.29, 1.82) is 0 Å². The molecule has 25 heavy (non-hydrogen) atoms. The number of carbonyl (C=O) groups is 1. The summed E-state index contributed by atoms with van der Waals surface area (Å²) in [7, 11) is 0. The van der Waals surface area contributed by atoms with Crippen LogP contribution in [0.1, 0.15) is 17.3 Å². The third-order valence-electron chi connectivity index (χ3n) is 3.39. The fourth-order valence-electron chi connectivity index (χ4n) is 2.12. The molecular formula is C17H15BrN6O. The lowest BCUT2D eigenvalue weighted by atomic mass is 10.1. The van der Waals surface area contributed by atoms with Gasteiger partial charge < -0.3 is 16.4 Å². The lowest BCUT2D eigenvalue weighted by Crippen LogP contribution is -2.06. The van der Waals surface area contributed by atoms with Crippen LogP contribution in [0.5, 0.6) is 0 Å². The highest BCUT2D eigenvalue weighted by Crippen LogP contribution is 2.28. The van der Waals surface area contributed by atoms with Crippen molar-refractivity contribution >= 4 is 50.5 Å². The fourth-order valence-corrected chi connectivity index (χ4v) is 2.35. The third-order valence-corrected chi connectivity index (χ3v) is 3.86. The number of nitrogen functional groups attached to an aromatic ring is 1. The van der Waals surface area contributed by atoms with Gasteiger partial charge in [-0.1, -0.05) is 12.1 Å². The van der Waals surface area contributed by atoms with Crippen LogP contribution in [-0.2, 0) is 0 Å². The van der Waals surface area contributed by atoms with E-state index in [9.17, 15) is 4.79 Å². The summed E-state index contributed by atoms with van der Waals surface area (Å²) in [4.78, 5) is 24.0. The number of ketones is 1. The molecule has 7 nitrogen and oxygen atoms in total. The molecule has 8 heteroatoms. The Kier molecular flexibility index (Phi) is 4.90. The molecule has 2 aromatic heterocycles. The van der Waals surface area contributed by atoms with Gasteiger partial charge in [0.05, 0.1) is 0 Å². The molecule has 0 saturated heterocycles. The first-order valence-corrected chi connectivity index (χ1v) is 8.19. The average Bonchev–Trinajstić information content (AvgIpc) is 2.60. The third kappa shape index (κ3) is 4.10. The maximum atomic E-state index is 11.5. The molecule has 0 radical (unpaired) electrons. The maximum absolute atomic E-state index is 11.5. The van der Waals surface area contributed by atoms with Gasteiger partial charge in [-0.3, -0.25) is 4.79 Å². The van der Waals surface area contributed by atoms with Gasteiger partial charge in [-0.25, -0.2) is 15.0 Å². The Bertz CT molecular complexity index is 913. The predicted molar refractivity (Wildman–Crippen MR) is 101 cm³/mol. The van der Waals surface area contributed by atoms with E-state index in [0.29, 0.717) is 34.4 Å². The molecule has 2 heterocycles. The smallest absolute Gasteiger partial charge is 0.160 e. The first-order valence-electron chi connectivity index (χ1n) is 7.40. The van der Waals surface area contributed by atoms with Crippen molar-refractivity contribution in [2.75, 3.05) is 16.4 Å². The summed E-state index contributed by atoms with van der Waals surface area (Å²) in [6.45, 7) is 1.52. The largest absolute Gasteiger partial charge is 0.393 e. The molecule has 0 atom stereocenters. The second kappa shape index (κ2) is 7.27. The number of pyridine rings is 1. The molecule has 126 valence electrons. The van der Waals surface area contributed by atoms with Crippen LogP contribution in [0.2, 0.25) is 0 Å². The van der Waals surface area contributed by atoms with Gasteiger partial charge in [0.2, 0.25) is 0 Å². The maximum Gasteiger partial charge on any atom is 0.160 e. The number of hydrogen-bond acceptors (Lipinski definition) is 7. The first kappa shape index (κ1) is 16.8. The Labute approximate surface area is 152 Å². The summed E-state index contributed by atoms with van der Waals surface area (Å²) in [6, 6.07) is 10.8. The SMILES string of the molecule is CC(=O)c1cccc(Nc2ncnc(Nc3ccc(Br)cn3)c2N)c1. The number of aromatic nitrogens is 3. The molecule has 0 amide bonds. The molecule has 3 rings (SSSR count). The van der Waals surface area contributed by atoms with Crippen molar-refractivity contribution in [3.05, 3.63) is 59.0 Å². The van der Waals surface area contributed by atoms with Gasteiger partial charge in [0.15, 0.2) is 17.4 Å². The first-order chi connectivity index (χ1) is 12.0. The van der Waals surface area contributed by atoms with E-state index in [4.69, 9.17) is 5.73 Å². The number of nitrogens with zero attached hydrogens (tertiary/aromatic N) is 3. The van der Waals surface area contributed by atoms with E-state index in [1.54, 1.807) is 30.5 Å². The summed E-state index contributed by atoms with van der Waals surface area (Å²) < 4.78 is 0.876. The minimum Gasteiger partial charge on any atom is -0.393 e. The molecule has 0 unspecified atom stereocenters. The van der Waals surface area contributed by atoms with Gasteiger partial charge in [-0.05, 0) is 47.1 Å². The lowest BCUT2D eigenvalue weighted by molar-refractivity contribution is 0.101. The highest BCUT2D eigenvalue weighted by molar-refractivity contribution is 9.10. The molecule has 0 aliphatic rings. The molecule has 4 N–H and O–H groups in total. The zero-order chi connectivity index (χ0) is 17.8. The van der Waals surface area contributed by atoms with E-state index in [1.807, 2.05) is 12.1 Å². The summed E-state index contributed by atoms with van der Waals surface area (Å²) in [6.07, 6.45) is 3.07. The Morgan fingerprint density at radius 2 is 1.84 bits per heavy atom. The van der Waals surface area contributed by atoms with Gasteiger partial charge >= 0.3 is 0 Å². The summed E-state index contributed by atoms with van der Waals surface area (Å²) in [5.74, 6) is 1.48. The van der Waals surface area contributed by atoms with Gasteiger partial charge in [-0.2, -0.15) is 0 Å². The van der Waals surface area contributed by atoms with Crippen LogP contribution in [0, 0.1) is 0 Å². The summed E-state index contributed by atoms with van der Waals surface area (Å²) in [5.41, 5.74) is 7.82. The molecule has 1 aromatic carbocycles. The van der Waals surface area contributed by atoms with Crippen LogP contribution in [0.15, 0.2) is 53.4 Å². The second-order valence-electron chi connectivity index (χ2n) is 5.23. The van der Waals surface area contributed by atoms with Crippen LogP contribution < -0.4 is 16.4 Å². The number of carbonyl (C=O) groups excluding carboxylic acids is 1. The van der Waals surface area contributed by atoms with Crippen LogP contribution in [0.3, 0.4) is 0 Å². The van der Waals surface area contributed by atoms with Crippen LogP contribution in [-0.4, -0.2) is 20.7 Å². The zero-order valence-corrected chi connectivity index (χ0v) is 14.9. The zero-order valence-electron chi connectivity index (χ0n) is 13.3. The molecule has 0 spiro atoms.